The Kier molecular flexibility index (Phi) is 13.4. The summed E-state index contributed by atoms with van der Waals surface area (Å²) in [7, 11) is 1.26. The molecule has 45 heavy (non-hydrogen) atoms. The molecule has 1 aromatic heterocycles. The molecule has 0 bridgehead atoms. The Morgan fingerprint density at radius 3 is 2.13 bits per heavy atom. The van der Waals surface area contributed by atoms with Crippen LogP contribution in [0.2, 0.25) is 0 Å². The number of benzene rings is 2. The second-order valence-corrected chi connectivity index (χ2v) is 10.5. The van der Waals surface area contributed by atoms with Gasteiger partial charge in [0, 0.05) is 24.5 Å². The van der Waals surface area contributed by atoms with Crippen LogP contribution in [0.1, 0.15) is 45.0 Å². The molecule has 2 aromatic carbocycles. The van der Waals surface area contributed by atoms with Gasteiger partial charge in [0.15, 0.2) is 0 Å². The Balaban J connectivity index is 1.64. The Labute approximate surface area is 265 Å². The molecular formula is C34H45N7O4. The van der Waals surface area contributed by atoms with Crippen molar-refractivity contribution < 1.29 is 19.1 Å². The number of nitrogens with zero attached hydrogens (tertiary/aromatic N) is 3. The van der Waals surface area contributed by atoms with Crippen LogP contribution in [0.5, 0.6) is 0 Å². The smallest absolute Gasteiger partial charge is 0.407 e. The largest absolute Gasteiger partial charge is 0.453 e. The van der Waals surface area contributed by atoms with Gasteiger partial charge in [0.2, 0.25) is 11.8 Å². The summed E-state index contributed by atoms with van der Waals surface area (Å²) in [5.41, 5.74) is 12.2. The first-order chi connectivity index (χ1) is 21.7. The lowest BCUT2D eigenvalue weighted by atomic mass is 10.0. The van der Waals surface area contributed by atoms with Gasteiger partial charge >= 0.3 is 6.09 Å². The number of alkyl carbamates (subject to hydrolysis) is 1. The van der Waals surface area contributed by atoms with Gasteiger partial charge in [-0.1, -0.05) is 75.0 Å². The van der Waals surface area contributed by atoms with Gasteiger partial charge in [-0.05, 0) is 42.0 Å². The van der Waals surface area contributed by atoms with E-state index in [0.29, 0.717) is 32.0 Å². The Morgan fingerprint density at radius 1 is 0.956 bits per heavy atom. The third-order valence-corrected chi connectivity index (χ3v) is 7.11. The normalized spacial score (nSPS) is 11.1. The first-order valence-corrected chi connectivity index (χ1v) is 15.2. The van der Waals surface area contributed by atoms with Gasteiger partial charge in [0.05, 0.1) is 38.6 Å². The summed E-state index contributed by atoms with van der Waals surface area (Å²) in [6, 6.07) is 16.4. The second-order valence-electron chi connectivity index (χ2n) is 10.5. The second kappa shape index (κ2) is 17.4. The molecule has 3 rings (SSSR count). The van der Waals surface area contributed by atoms with Gasteiger partial charge < -0.3 is 35.9 Å². The molecule has 11 heteroatoms. The lowest BCUT2D eigenvalue weighted by Crippen LogP contribution is -2.40. The highest BCUT2D eigenvalue weighted by atomic mass is 16.5. The molecule has 0 spiro atoms. The maximum Gasteiger partial charge on any atom is 0.407 e. The van der Waals surface area contributed by atoms with Gasteiger partial charge in [-0.2, -0.15) is 0 Å². The number of hydrogen-bond acceptors (Lipinski definition) is 7. The van der Waals surface area contributed by atoms with Crippen LogP contribution in [0.3, 0.4) is 0 Å². The summed E-state index contributed by atoms with van der Waals surface area (Å²) in [5.74, 6) is 0.349. The fraction of sp³-hybridized carbons (Fsp3) is 0.353. The quantitative estimate of drug-likeness (QED) is 0.186. The van der Waals surface area contributed by atoms with Gasteiger partial charge in [0.25, 0.3) is 0 Å². The van der Waals surface area contributed by atoms with Crippen LogP contribution in [0.4, 0.5) is 4.79 Å². The Bertz CT molecular complexity index is 1460. The van der Waals surface area contributed by atoms with Crippen LogP contribution < -0.4 is 16.4 Å². The molecule has 1 heterocycles. The van der Waals surface area contributed by atoms with Gasteiger partial charge in [0.1, 0.15) is 12.4 Å². The fourth-order valence-electron chi connectivity index (χ4n) is 4.81. The predicted molar refractivity (Wildman–Crippen MR) is 177 cm³/mol. The zero-order valence-corrected chi connectivity index (χ0v) is 26.7. The van der Waals surface area contributed by atoms with Crippen LogP contribution in [-0.2, 0) is 20.9 Å². The maximum atomic E-state index is 12.6. The summed E-state index contributed by atoms with van der Waals surface area (Å²) < 4.78 is 4.55. The summed E-state index contributed by atoms with van der Waals surface area (Å²) in [6.07, 6.45) is 4.72. The van der Waals surface area contributed by atoms with Crippen molar-refractivity contribution in [3.63, 3.8) is 0 Å². The number of carbonyl (C=O) groups excluding carboxylic acids is 3. The maximum absolute atomic E-state index is 12.6. The summed E-state index contributed by atoms with van der Waals surface area (Å²) in [6.45, 7) is 11.8. The third-order valence-electron chi connectivity index (χ3n) is 7.11. The van der Waals surface area contributed by atoms with E-state index in [1.54, 1.807) is 16.0 Å². The molecule has 0 aliphatic carbocycles. The molecule has 0 fully saturated rings. The van der Waals surface area contributed by atoms with Crippen molar-refractivity contribution in [1.82, 2.24) is 30.4 Å². The molecule has 0 aliphatic heterocycles. The highest BCUT2D eigenvalue weighted by molar-refractivity contribution is 5.82. The minimum atomic E-state index is -0.645. The summed E-state index contributed by atoms with van der Waals surface area (Å²) >= 11 is 0. The highest BCUT2D eigenvalue weighted by Gasteiger charge is 2.17. The Hall–Kier alpha value is -4.90. The van der Waals surface area contributed by atoms with Gasteiger partial charge in [-0.3, -0.25) is 9.59 Å². The molecule has 5 N–H and O–H groups in total. The van der Waals surface area contributed by atoms with Crippen molar-refractivity contribution >= 4 is 23.6 Å². The molecule has 0 saturated carbocycles. The van der Waals surface area contributed by atoms with Crippen LogP contribution >= 0.6 is 0 Å². The first-order valence-electron chi connectivity index (χ1n) is 15.2. The number of amides is 3. The SMILES string of the molecule is C=C(CN(CCC)C(=O)CN)N/C(=C\C)c1ccc(-c2ccc(-c3cnc(CN(CCC)C(=O)CNC(=O)OC)[nH]3)cc2)cc1. The van der Waals surface area contributed by atoms with E-state index in [-0.39, 0.29) is 24.9 Å². The molecule has 0 radical (unpaired) electrons. The van der Waals surface area contributed by atoms with E-state index < -0.39 is 6.09 Å². The fourth-order valence-corrected chi connectivity index (χ4v) is 4.81. The van der Waals surface area contributed by atoms with Crippen molar-refractivity contribution in [3.8, 4) is 22.4 Å². The molecule has 3 aromatic rings. The number of imidazole rings is 1. The number of H-pyrrole nitrogens is 1. The highest BCUT2D eigenvalue weighted by Crippen LogP contribution is 2.26. The van der Waals surface area contributed by atoms with Crippen molar-refractivity contribution in [2.75, 3.05) is 39.8 Å². The minimum Gasteiger partial charge on any atom is -0.453 e. The zero-order valence-electron chi connectivity index (χ0n) is 26.7. The van der Waals surface area contributed by atoms with Crippen molar-refractivity contribution in [3.05, 3.63) is 84.5 Å². The van der Waals surface area contributed by atoms with E-state index in [1.165, 1.54) is 7.11 Å². The average molecular weight is 616 g/mol. The lowest BCUT2D eigenvalue weighted by molar-refractivity contribution is -0.131. The van der Waals surface area contributed by atoms with E-state index in [0.717, 1.165) is 52.2 Å². The molecule has 0 unspecified atom stereocenters. The molecular weight excluding hydrogens is 570 g/mol. The van der Waals surface area contributed by atoms with E-state index in [9.17, 15) is 14.4 Å². The molecule has 0 aliphatic rings. The summed E-state index contributed by atoms with van der Waals surface area (Å²) in [5, 5.41) is 5.79. The molecule has 0 saturated heterocycles. The number of hydrogen-bond donors (Lipinski definition) is 4. The average Bonchev–Trinajstić information content (AvgIpc) is 3.53. The van der Waals surface area contributed by atoms with Crippen molar-refractivity contribution in [2.24, 2.45) is 5.73 Å². The van der Waals surface area contributed by atoms with Crippen molar-refractivity contribution in [1.29, 1.82) is 0 Å². The molecule has 3 amide bonds. The number of aromatic amines is 1. The monoisotopic (exact) mass is 615 g/mol. The van der Waals surface area contributed by atoms with E-state index >= 15 is 0 Å². The number of aromatic nitrogens is 2. The van der Waals surface area contributed by atoms with Gasteiger partial charge in [-0.15, -0.1) is 0 Å². The number of nitrogens with two attached hydrogens (primary N) is 1. The number of ether oxygens (including phenoxy) is 1. The Morgan fingerprint density at radius 2 is 1.56 bits per heavy atom. The standard InChI is InChI=1S/C34H45N7O4/c1-6-17-40(32(42)19-35)22-24(4)38-29(8-3)27-13-9-25(10-14-27)26-11-15-28(16-12-26)30-20-36-31(39-30)23-41(18-7-2)33(43)21-37-34(44)45-5/h8-16,20,38H,4,6-7,17-19,21-23,35H2,1-3,5H3,(H,36,39)(H,37,44)/b29-8-. The lowest BCUT2D eigenvalue weighted by Gasteiger charge is -2.24. The van der Waals surface area contributed by atoms with Crippen LogP contribution in [0.25, 0.3) is 28.1 Å². The van der Waals surface area contributed by atoms with Crippen LogP contribution in [0, 0.1) is 0 Å². The topological polar surface area (TPSA) is 146 Å². The number of allylic oxidation sites excluding steroid dienone is 1. The van der Waals surface area contributed by atoms with Crippen LogP contribution in [-0.4, -0.2) is 77.5 Å². The third kappa shape index (κ3) is 10.1. The van der Waals surface area contributed by atoms with Crippen LogP contribution in [0.15, 0.2) is 73.1 Å². The van der Waals surface area contributed by atoms with Gasteiger partial charge in [-0.25, -0.2) is 9.78 Å². The van der Waals surface area contributed by atoms with E-state index in [4.69, 9.17) is 5.73 Å². The predicted octanol–water partition coefficient (Wildman–Crippen LogP) is 4.50. The zero-order chi connectivity index (χ0) is 32.8. The molecule has 240 valence electrons. The molecule has 0 atom stereocenters. The van der Waals surface area contributed by atoms with E-state index in [2.05, 4.69) is 68.3 Å². The number of nitrogens with one attached hydrogen (secondary N) is 3. The van der Waals surface area contributed by atoms with E-state index in [1.807, 2.05) is 39.0 Å². The summed E-state index contributed by atoms with van der Waals surface area (Å²) in [4.78, 5) is 47.3. The minimum absolute atomic E-state index is 0.0198. The molecule has 11 nitrogen and oxygen atoms in total. The van der Waals surface area contributed by atoms with Crippen molar-refractivity contribution in [2.45, 2.75) is 40.2 Å². The number of rotatable bonds is 16. The number of methoxy groups -OCH3 is 1. The first kappa shape index (κ1) is 34.6. The number of carbonyl (C=O) groups is 3.